The lowest BCUT2D eigenvalue weighted by Gasteiger charge is -1.90. The maximum Gasteiger partial charge on any atom is 0.155 e. The molecule has 0 atom stereocenters. The van der Waals surface area contributed by atoms with Crippen LogP contribution in [0.1, 0.15) is 0 Å². The van der Waals surface area contributed by atoms with E-state index in [1.807, 2.05) is 30.3 Å². The van der Waals surface area contributed by atoms with E-state index in [1.54, 1.807) is 0 Å². The summed E-state index contributed by atoms with van der Waals surface area (Å²) in [7, 11) is 0. The van der Waals surface area contributed by atoms with Crippen molar-refractivity contribution in [3.05, 3.63) is 48.5 Å². The van der Waals surface area contributed by atoms with Gasteiger partial charge < -0.3 is 15.7 Å². The van der Waals surface area contributed by atoms with Crippen molar-refractivity contribution < 1.29 is 0 Å². The van der Waals surface area contributed by atoms with Crippen LogP contribution < -0.4 is 5.73 Å². The predicted octanol–water partition coefficient (Wildman–Crippen LogP) is 3.29. The number of nitrogen functional groups attached to an aromatic ring is 1. The van der Waals surface area contributed by atoms with Gasteiger partial charge in [-0.05, 0) is 30.3 Å². The van der Waals surface area contributed by atoms with Crippen LogP contribution in [0.25, 0.3) is 33.5 Å². The van der Waals surface area contributed by atoms with Gasteiger partial charge in [0.25, 0.3) is 0 Å². The van der Waals surface area contributed by atoms with Gasteiger partial charge in [0.2, 0.25) is 0 Å². The standard InChI is InChI=1S/C15H12N4/c16-10-5-6-12-13(8-10)19-15(18-12)14-7-9-3-1-2-4-11(9)17-14/h1-8,17H,16H2,(H,18,19). The van der Waals surface area contributed by atoms with Gasteiger partial charge in [-0.1, -0.05) is 18.2 Å². The fourth-order valence-electron chi connectivity index (χ4n) is 2.36. The molecule has 0 fully saturated rings. The SMILES string of the molecule is Nc1ccc2nc(-c3cc4ccccc4[nH]3)[nH]c2c1. The molecule has 4 nitrogen and oxygen atoms in total. The van der Waals surface area contributed by atoms with E-state index in [-0.39, 0.29) is 0 Å². The Morgan fingerprint density at radius 2 is 1.79 bits per heavy atom. The summed E-state index contributed by atoms with van der Waals surface area (Å²) in [4.78, 5) is 11.2. The Kier molecular flexibility index (Phi) is 1.94. The summed E-state index contributed by atoms with van der Waals surface area (Å²) in [5.41, 5.74) is 10.5. The topological polar surface area (TPSA) is 70.5 Å². The van der Waals surface area contributed by atoms with E-state index >= 15 is 0 Å². The first-order valence-electron chi connectivity index (χ1n) is 6.13. The summed E-state index contributed by atoms with van der Waals surface area (Å²) in [6.07, 6.45) is 0. The zero-order chi connectivity index (χ0) is 12.8. The number of aromatic amines is 2. The summed E-state index contributed by atoms with van der Waals surface area (Å²) in [5.74, 6) is 0.830. The highest BCUT2D eigenvalue weighted by Crippen LogP contribution is 2.24. The fourth-order valence-corrected chi connectivity index (χ4v) is 2.36. The van der Waals surface area contributed by atoms with Crippen LogP contribution >= 0.6 is 0 Å². The summed E-state index contributed by atoms with van der Waals surface area (Å²) >= 11 is 0. The molecule has 2 heterocycles. The number of aromatic nitrogens is 3. The zero-order valence-corrected chi connectivity index (χ0v) is 10.1. The van der Waals surface area contributed by atoms with Crippen molar-refractivity contribution in [2.75, 3.05) is 5.73 Å². The Morgan fingerprint density at radius 1 is 0.895 bits per heavy atom. The number of anilines is 1. The van der Waals surface area contributed by atoms with E-state index in [2.05, 4.69) is 33.2 Å². The van der Waals surface area contributed by atoms with Crippen molar-refractivity contribution in [1.82, 2.24) is 15.0 Å². The fraction of sp³-hybridized carbons (Fsp3) is 0. The molecule has 0 aliphatic heterocycles. The summed E-state index contributed by atoms with van der Waals surface area (Å²) < 4.78 is 0. The normalized spacial score (nSPS) is 11.4. The average Bonchev–Trinajstić information content (AvgIpc) is 3.00. The largest absolute Gasteiger partial charge is 0.399 e. The van der Waals surface area contributed by atoms with E-state index in [0.29, 0.717) is 0 Å². The van der Waals surface area contributed by atoms with Gasteiger partial charge in [0.05, 0.1) is 16.7 Å². The molecule has 4 N–H and O–H groups in total. The zero-order valence-electron chi connectivity index (χ0n) is 10.1. The van der Waals surface area contributed by atoms with E-state index in [0.717, 1.165) is 33.8 Å². The number of hydrogen-bond donors (Lipinski definition) is 3. The van der Waals surface area contributed by atoms with Crippen molar-refractivity contribution >= 4 is 27.6 Å². The lowest BCUT2D eigenvalue weighted by atomic mass is 10.2. The Morgan fingerprint density at radius 3 is 2.68 bits per heavy atom. The van der Waals surface area contributed by atoms with Gasteiger partial charge in [0, 0.05) is 16.6 Å². The maximum absolute atomic E-state index is 5.78. The first kappa shape index (κ1) is 10.2. The van der Waals surface area contributed by atoms with Crippen molar-refractivity contribution in [2.45, 2.75) is 0 Å². The molecule has 92 valence electrons. The van der Waals surface area contributed by atoms with Gasteiger partial charge in [0.1, 0.15) is 0 Å². The van der Waals surface area contributed by atoms with E-state index in [1.165, 1.54) is 5.39 Å². The maximum atomic E-state index is 5.78. The molecule has 4 rings (SSSR count). The molecular weight excluding hydrogens is 236 g/mol. The van der Waals surface area contributed by atoms with Crippen LogP contribution in [0.3, 0.4) is 0 Å². The summed E-state index contributed by atoms with van der Waals surface area (Å²) in [5, 5.41) is 1.18. The molecule has 4 heteroatoms. The number of fused-ring (bicyclic) bond motifs is 2. The second kappa shape index (κ2) is 3.62. The van der Waals surface area contributed by atoms with Crippen molar-refractivity contribution in [3.63, 3.8) is 0 Å². The third-order valence-corrected chi connectivity index (χ3v) is 3.29. The van der Waals surface area contributed by atoms with Crippen LogP contribution in [0.2, 0.25) is 0 Å². The molecule has 19 heavy (non-hydrogen) atoms. The quantitative estimate of drug-likeness (QED) is 0.452. The van der Waals surface area contributed by atoms with E-state index in [4.69, 9.17) is 5.73 Å². The minimum absolute atomic E-state index is 0.736. The highest BCUT2D eigenvalue weighted by molar-refractivity contribution is 5.87. The number of para-hydroxylation sites is 1. The molecule has 0 saturated carbocycles. The van der Waals surface area contributed by atoms with Gasteiger partial charge in [0.15, 0.2) is 5.82 Å². The second-order valence-electron chi connectivity index (χ2n) is 4.63. The van der Waals surface area contributed by atoms with E-state index < -0.39 is 0 Å². The summed E-state index contributed by atoms with van der Waals surface area (Å²) in [6, 6.07) is 16.0. The Balaban J connectivity index is 1.93. The number of nitrogens with two attached hydrogens (primary N) is 1. The number of rotatable bonds is 1. The molecule has 2 aromatic heterocycles. The molecule has 0 saturated heterocycles. The number of hydrogen-bond acceptors (Lipinski definition) is 2. The third kappa shape index (κ3) is 1.57. The lowest BCUT2D eigenvalue weighted by Crippen LogP contribution is -1.82. The van der Waals surface area contributed by atoms with Crippen LogP contribution in [0.5, 0.6) is 0 Å². The van der Waals surface area contributed by atoms with Crippen LogP contribution in [-0.2, 0) is 0 Å². The smallest absolute Gasteiger partial charge is 0.155 e. The number of imidazole rings is 1. The predicted molar refractivity (Wildman–Crippen MR) is 77.8 cm³/mol. The minimum Gasteiger partial charge on any atom is -0.399 e. The van der Waals surface area contributed by atoms with Crippen LogP contribution in [0, 0.1) is 0 Å². The first-order valence-corrected chi connectivity index (χ1v) is 6.13. The molecule has 0 spiro atoms. The van der Waals surface area contributed by atoms with Gasteiger partial charge >= 0.3 is 0 Å². The molecule has 0 radical (unpaired) electrons. The number of H-pyrrole nitrogens is 2. The van der Waals surface area contributed by atoms with Crippen molar-refractivity contribution in [3.8, 4) is 11.5 Å². The van der Waals surface area contributed by atoms with Crippen molar-refractivity contribution in [2.24, 2.45) is 0 Å². The Labute approximate surface area is 109 Å². The van der Waals surface area contributed by atoms with Crippen LogP contribution in [0.15, 0.2) is 48.5 Å². The highest BCUT2D eigenvalue weighted by Gasteiger charge is 2.08. The van der Waals surface area contributed by atoms with Gasteiger partial charge in [-0.15, -0.1) is 0 Å². The molecule has 0 bridgehead atoms. The average molecular weight is 248 g/mol. The monoisotopic (exact) mass is 248 g/mol. The Bertz CT molecular complexity index is 852. The van der Waals surface area contributed by atoms with Crippen LogP contribution in [-0.4, -0.2) is 15.0 Å². The molecule has 0 unspecified atom stereocenters. The van der Waals surface area contributed by atoms with Crippen LogP contribution in [0.4, 0.5) is 5.69 Å². The first-order chi connectivity index (χ1) is 9.29. The second-order valence-corrected chi connectivity index (χ2v) is 4.63. The van der Waals surface area contributed by atoms with Gasteiger partial charge in [-0.25, -0.2) is 4.98 Å². The number of benzene rings is 2. The molecule has 4 aromatic rings. The molecule has 2 aromatic carbocycles. The number of nitrogens with one attached hydrogen (secondary N) is 2. The van der Waals surface area contributed by atoms with Gasteiger partial charge in [-0.3, -0.25) is 0 Å². The van der Waals surface area contributed by atoms with Gasteiger partial charge in [-0.2, -0.15) is 0 Å². The number of nitrogens with zero attached hydrogens (tertiary/aromatic N) is 1. The van der Waals surface area contributed by atoms with Crippen molar-refractivity contribution in [1.29, 1.82) is 0 Å². The minimum atomic E-state index is 0.736. The third-order valence-electron chi connectivity index (χ3n) is 3.29. The summed E-state index contributed by atoms with van der Waals surface area (Å²) in [6.45, 7) is 0. The highest BCUT2D eigenvalue weighted by atomic mass is 15.0. The Hall–Kier alpha value is -2.75. The lowest BCUT2D eigenvalue weighted by molar-refractivity contribution is 1.29. The molecule has 0 amide bonds. The van der Waals surface area contributed by atoms with E-state index in [9.17, 15) is 0 Å². The molecule has 0 aliphatic rings. The molecule has 0 aliphatic carbocycles. The molecular formula is C15H12N4.